The van der Waals surface area contributed by atoms with Crippen LogP contribution in [-0.4, -0.2) is 27.0 Å². The maximum absolute atomic E-state index is 13.0. The minimum absolute atomic E-state index is 0.0257. The van der Waals surface area contributed by atoms with E-state index in [-0.39, 0.29) is 17.7 Å². The summed E-state index contributed by atoms with van der Waals surface area (Å²) in [7, 11) is 1.90. The van der Waals surface area contributed by atoms with Gasteiger partial charge < -0.3 is 14.6 Å². The third-order valence-electron chi connectivity index (χ3n) is 7.11. The summed E-state index contributed by atoms with van der Waals surface area (Å²) in [6.07, 6.45) is 6.34. The maximum atomic E-state index is 13.0. The van der Waals surface area contributed by atoms with Gasteiger partial charge in [0, 0.05) is 36.7 Å². The number of anilines is 2. The summed E-state index contributed by atoms with van der Waals surface area (Å²) in [6, 6.07) is 16.7. The third kappa shape index (κ3) is 5.18. The molecule has 1 fully saturated rings. The van der Waals surface area contributed by atoms with Crippen LogP contribution in [0.25, 0.3) is 6.08 Å². The molecule has 0 aliphatic heterocycles. The molecule has 3 aromatic rings. The van der Waals surface area contributed by atoms with E-state index in [4.69, 9.17) is 4.74 Å². The predicted molar refractivity (Wildman–Crippen MR) is 146 cm³/mol. The Labute approximate surface area is 222 Å². The van der Waals surface area contributed by atoms with Crippen LogP contribution in [0.3, 0.4) is 0 Å². The van der Waals surface area contributed by atoms with Crippen molar-refractivity contribution in [1.29, 1.82) is 5.26 Å². The molecule has 1 unspecified atom stereocenters. The van der Waals surface area contributed by atoms with Crippen molar-refractivity contribution in [2.45, 2.75) is 51.0 Å². The van der Waals surface area contributed by atoms with Gasteiger partial charge in [-0.1, -0.05) is 18.2 Å². The summed E-state index contributed by atoms with van der Waals surface area (Å²) in [4.78, 5) is 29.8. The van der Waals surface area contributed by atoms with Crippen LogP contribution in [0.2, 0.25) is 0 Å². The van der Waals surface area contributed by atoms with Crippen molar-refractivity contribution in [3.05, 3.63) is 77.1 Å². The van der Waals surface area contributed by atoms with Gasteiger partial charge in [-0.25, -0.2) is 4.98 Å². The molecule has 2 aromatic carbocycles. The van der Waals surface area contributed by atoms with E-state index in [1.54, 1.807) is 30.3 Å². The van der Waals surface area contributed by atoms with E-state index in [2.05, 4.69) is 21.7 Å². The minimum atomic E-state index is -0.690. The van der Waals surface area contributed by atoms with Gasteiger partial charge in [-0.3, -0.25) is 14.9 Å². The van der Waals surface area contributed by atoms with Crippen LogP contribution in [-0.2, 0) is 23.7 Å². The lowest BCUT2D eigenvalue weighted by atomic mass is 9.85. The van der Waals surface area contributed by atoms with Crippen LogP contribution in [0, 0.1) is 17.2 Å². The first-order valence-corrected chi connectivity index (χ1v) is 12.7. The molecular weight excluding hydrogens is 478 g/mol. The van der Waals surface area contributed by atoms with E-state index in [1.807, 2.05) is 62.7 Å². The number of nitriles is 1. The van der Waals surface area contributed by atoms with Gasteiger partial charge >= 0.3 is 0 Å². The highest BCUT2D eigenvalue weighted by Crippen LogP contribution is 2.34. The first-order chi connectivity index (χ1) is 18.1. The highest BCUT2D eigenvalue weighted by atomic mass is 16.5. The van der Waals surface area contributed by atoms with Crippen molar-refractivity contribution < 1.29 is 14.3 Å². The van der Waals surface area contributed by atoms with Crippen molar-refractivity contribution in [2.24, 2.45) is 13.0 Å². The van der Waals surface area contributed by atoms with Crippen LogP contribution in [0.5, 0.6) is 5.75 Å². The number of imidazole rings is 1. The third-order valence-corrected chi connectivity index (χ3v) is 7.11. The van der Waals surface area contributed by atoms with E-state index in [9.17, 15) is 14.9 Å². The van der Waals surface area contributed by atoms with Crippen molar-refractivity contribution in [1.82, 2.24) is 9.55 Å². The Morgan fingerprint density at radius 1 is 1.16 bits per heavy atom. The molecule has 0 radical (unpaired) electrons. The highest BCUT2D eigenvalue weighted by molar-refractivity contribution is 6.04. The molecular formula is C30H31N5O3. The van der Waals surface area contributed by atoms with Gasteiger partial charge in [0.15, 0.2) is 0 Å². The molecule has 5 rings (SSSR count). The normalized spacial score (nSPS) is 18.3. The number of carbonyl (C=O) groups excluding carboxylic acids is 2. The van der Waals surface area contributed by atoms with Crippen LogP contribution < -0.4 is 15.4 Å². The zero-order valence-electron chi connectivity index (χ0n) is 22.0. The zero-order chi connectivity index (χ0) is 27.1. The van der Waals surface area contributed by atoms with Crippen molar-refractivity contribution in [2.75, 3.05) is 10.6 Å². The molecule has 1 saturated carbocycles. The maximum Gasteiger partial charge on any atom is 0.255 e. The van der Waals surface area contributed by atoms with Gasteiger partial charge in [0.05, 0.1) is 22.9 Å². The number of nitrogens with zero attached hydrogens (tertiary/aromatic N) is 3. The number of ether oxygens (including phenoxy) is 1. The zero-order valence-corrected chi connectivity index (χ0v) is 22.0. The second-order valence-electron chi connectivity index (χ2n) is 10.8. The minimum Gasteiger partial charge on any atom is -0.483 e. The molecule has 2 amide bonds. The second kappa shape index (κ2) is 9.49. The average molecular weight is 510 g/mol. The fraction of sp³-hybridized carbons (Fsp3) is 0.333. The Morgan fingerprint density at radius 2 is 1.92 bits per heavy atom. The summed E-state index contributed by atoms with van der Waals surface area (Å²) >= 11 is 0. The molecule has 1 atom stereocenters. The van der Waals surface area contributed by atoms with E-state index in [1.165, 1.54) is 0 Å². The quantitative estimate of drug-likeness (QED) is 0.453. The predicted octanol–water partition coefficient (Wildman–Crippen LogP) is 5.23. The number of rotatable bonds is 7. The largest absolute Gasteiger partial charge is 0.483 e. The molecule has 8 heteroatoms. The molecule has 194 valence electrons. The number of hydrogen-bond donors (Lipinski definition) is 2. The number of fused-ring (bicyclic) bond motifs is 1. The Bertz CT molecular complexity index is 1490. The first kappa shape index (κ1) is 25.3. The van der Waals surface area contributed by atoms with Gasteiger partial charge in [0.2, 0.25) is 11.9 Å². The summed E-state index contributed by atoms with van der Waals surface area (Å²) in [5, 5.41) is 15.3. The smallest absolute Gasteiger partial charge is 0.255 e. The van der Waals surface area contributed by atoms with Gasteiger partial charge in [-0.05, 0) is 75.6 Å². The van der Waals surface area contributed by atoms with Crippen LogP contribution in [0.1, 0.15) is 60.9 Å². The molecule has 0 spiro atoms. The molecule has 1 aromatic heterocycles. The Kier molecular flexibility index (Phi) is 6.31. The van der Waals surface area contributed by atoms with Gasteiger partial charge in [-0.2, -0.15) is 5.26 Å². The molecule has 2 N–H and O–H groups in total. The summed E-state index contributed by atoms with van der Waals surface area (Å²) in [6.45, 7) is 5.64. The second-order valence-corrected chi connectivity index (χ2v) is 10.8. The summed E-state index contributed by atoms with van der Waals surface area (Å²) in [5.74, 6) is 1.03. The number of amides is 2. The molecule has 1 heterocycles. The van der Waals surface area contributed by atoms with Crippen LogP contribution in [0.4, 0.5) is 11.6 Å². The Morgan fingerprint density at radius 3 is 2.66 bits per heavy atom. The molecule has 2 aliphatic carbocycles. The van der Waals surface area contributed by atoms with Crippen molar-refractivity contribution in [3.8, 4) is 11.8 Å². The number of benzene rings is 2. The number of carbonyl (C=O) groups is 2. The monoisotopic (exact) mass is 509 g/mol. The number of hydrogen-bond acceptors (Lipinski definition) is 5. The Hall–Kier alpha value is -4.38. The Balaban J connectivity index is 1.28. The summed E-state index contributed by atoms with van der Waals surface area (Å²) in [5.41, 5.74) is 2.34. The fourth-order valence-electron chi connectivity index (χ4n) is 4.51. The SMILES string of the molecule is Cn1c(NC(=O)C2CC2)nc2c1CC(C)(Oc1cccc(NC(=O)c3cccc(C(C)(C)C#N)c3)c1)C=C2. The molecule has 0 saturated heterocycles. The molecule has 8 nitrogen and oxygen atoms in total. The van der Waals surface area contributed by atoms with E-state index < -0.39 is 11.0 Å². The standard InChI is InChI=1S/C30H31N5O3/c1-29(2,18-31)21-8-5-7-20(15-21)27(37)32-22-9-6-10-23(16-22)38-30(3)14-13-24-25(17-30)35(4)28(33-24)34-26(36)19-11-12-19/h5-10,13-16,19H,11-12,17H2,1-4H3,(H,32,37)(H,33,34,36). The van der Waals surface area contributed by atoms with Gasteiger partial charge in [0.1, 0.15) is 11.4 Å². The van der Waals surface area contributed by atoms with E-state index in [0.29, 0.717) is 29.4 Å². The van der Waals surface area contributed by atoms with Crippen LogP contribution in [0.15, 0.2) is 54.6 Å². The highest BCUT2D eigenvalue weighted by Gasteiger charge is 2.34. The fourth-order valence-corrected chi connectivity index (χ4v) is 4.51. The van der Waals surface area contributed by atoms with E-state index >= 15 is 0 Å². The molecule has 0 bridgehead atoms. The van der Waals surface area contributed by atoms with E-state index in [0.717, 1.165) is 29.8 Å². The lowest BCUT2D eigenvalue weighted by Gasteiger charge is -2.30. The number of nitrogens with one attached hydrogen (secondary N) is 2. The van der Waals surface area contributed by atoms with Crippen molar-refractivity contribution >= 4 is 29.5 Å². The average Bonchev–Trinajstić information content (AvgIpc) is 3.71. The lowest BCUT2D eigenvalue weighted by Crippen LogP contribution is -2.35. The first-order valence-electron chi connectivity index (χ1n) is 12.7. The number of aromatic nitrogens is 2. The van der Waals surface area contributed by atoms with Gasteiger partial charge in [-0.15, -0.1) is 0 Å². The van der Waals surface area contributed by atoms with Crippen molar-refractivity contribution in [3.63, 3.8) is 0 Å². The molecule has 38 heavy (non-hydrogen) atoms. The lowest BCUT2D eigenvalue weighted by molar-refractivity contribution is -0.117. The molecule has 2 aliphatic rings. The summed E-state index contributed by atoms with van der Waals surface area (Å²) < 4.78 is 8.31. The van der Waals surface area contributed by atoms with Gasteiger partial charge in [0.25, 0.3) is 5.91 Å². The topological polar surface area (TPSA) is 109 Å². The van der Waals surface area contributed by atoms with Crippen LogP contribution >= 0.6 is 0 Å².